The van der Waals surface area contributed by atoms with Crippen molar-refractivity contribution in [2.45, 2.75) is 132 Å². The molecule has 0 radical (unpaired) electrons. The molecule has 144 heavy (non-hydrogen) atoms. The molecule has 18 rings (SSSR count). The van der Waals surface area contributed by atoms with Crippen molar-refractivity contribution in [2.24, 2.45) is 0 Å². The number of hydrogen-bond donors (Lipinski definition) is 6. The van der Waals surface area contributed by atoms with Crippen molar-refractivity contribution >= 4 is 79.3 Å². The van der Waals surface area contributed by atoms with Gasteiger partial charge in [-0.25, -0.2) is 24.2 Å². The van der Waals surface area contributed by atoms with Crippen LogP contribution in [-0.4, -0.2) is 186 Å². The molecule has 740 valence electrons. The Morgan fingerprint density at radius 1 is 0.542 bits per heavy atom. The van der Waals surface area contributed by atoms with Gasteiger partial charge in [-0.15, -0.1) is 0 Å². The maximum absolute atomic E-state index is 14.7. The summed E-state index contributed by atoms with van der Waals surface area (Å²) < 4.78 is 78.9. The predicted octanol–water partition coefficient (Wildman–Crippen LogP) is 16.2. The summed E-state index contributed by atoms with van der Waals surface area (Å²) in [7, 11) is 2.29. The highest BCUT2D eigenvalue weighted by atomic mass is 31.2. The van der Waals surface area contributed by atoms with E-state index < -0.39 is 110 Å². The van der Waals surface area contributed by atoms with Crippen LogP contribution in [0.1, 0.15) is 155 Å². The lowest BCUT2D eigenvalue weighted by Crippen LogP contribution is -2.52. The van der Waals surface area contributed by atoms with Gasteiger partial charge >= 0.3 is 38.5 Å². The molecule has 6 amide bonds. The van der Waals surface area contributed by atoms with Crippen molar-refractivity contribution in [1.29, 1.82) is 0 Å². The molecule has 3 aromatic heterocycles. The number of Topliss-reactive ketones (excluding diaryl/α,β-unsaturated/α-hetero) is 1. The van der Waals surface area contributed by atoms with Crippen LogP contribution < -0.4 is 47.3 Å². The van der Waals surface area contributed by atoms with Crippen LogP contribution in [0.4, 0.5) is 26.1 Å². The minimum absolute atomic E-state index is 0.00534. The fourth-order valence-electron chi connectivity index (χ4n) is 19.0. The van der Waals surface area contributed by atoms with E-state index in [2.05, 4.69) is 58.7 Å². The quantitative estimate of drug-likeness (QED) is 0.00897. The number of benzene rings is 10. The molecule has 0 saturated carbocycles. The average molecular weight is 1970 g/mol. The zero-order chi connectivity index (χ0) is 99.9. The van der Waals surface area contributed by atoms with Gasteiger partial charge in [0, 0.05) is 75.3 Å². The Labute approximate surface area is 829 Å². The van der Waals surface area contributed by atoms with E-state index in [0.29, 0.717) is 34.6 Å². The zero-order valence-electron chi connectivity index (χ0n) is 79.6. The average Bonchev–Trinajstić information content (AvgIpc) is 1.29. The molecule has 0 spiro atoms. The number of esters is 1. The third kappa shape index (κ3) is 22.2. The van der Waals surface area contributed by atoms with Gasteiger partial charge < -0.3 is 87.2 Å². The number of fused-ring (bicyclic) bond motifs is 10. The normalized spacial score (nSPS) is 16.9. The first-order valence-electron chi connectivity index (χ1n) is 47.7. The van der Waals surface area contributed by atoms with E-state index in [4.69, 9.17) is 56.2 Å². The Kier molecular flexibility index (Phi) is 31.0. The first-order valence-corrected chi connectivity index (χ1v) is 48.8. The molecule has 8 atom stereocenters. The van der Waals surface area contributed by atoms with Crippen LogP contribution in [-0.2, 0) is 78.1 Å². The molecule has 2 fully saturated rings. The number of alkyl carbamates (subject to hydrolysis) is 2. The summed E-state index contributed by atoms with van der Waals surface area (Å²) >= 11 is 0. The third-order valence-corrected chi connectivity index (χ3v) is 27.5. The molecule has 4 unspecified atom stereocenters. The van der Waals surface area contributed by atoms with Gasteiger partial charge in [-0.05, 0) is 151 Å². The summed E-state index contributed by atoms with van der Waals surface area (Å²) in [5.41, 5.74) is 12.3. The van der Waals surface area contributed by atoms with Crippen molar-refractivity contribution < 1.29 is 94.6 Å². The first-order chi connectivity index (χ1) is 70.1. The molecular formula is C109H107N12O22P. The summed E-state index contributed by atoms with van der Waals surface area (Å²) in [6, 6.07) is 78.6. The fraction of sp³-hybridized carbons (Fsp3) is 0.294. The molecule has 6 N–H and O–H groups in total. The number of hydrogen-bond acceptors (Lipinski definition) is 25. The topological polar surface area (TPSA) is 409 Å². The number of imidazole rings is 1. The molecular weight excluding hydrogens is 1860 g/mol. The number of nitrogens with zero attached hydrogens (tertiary/aromatic N) is 6. The number of nitrogens with one attached hydrogen (secondary N) is 6. The minimum Gasteiger partial charge on any atom is -0.497 e. The maximum atomic E-state index is 14.7. The van der Waals surface area contributed by atoms with Crippen LogP contribution in [0.2, 0.25) is 0 Å². The van der Waals surface area contributed by atoms with Crippen molar-refractivity contribution in [3.8, 4) is 44.9 Å². The standard InChI is InChI=1S/C109H107N12O22P/c1-6-55-138-144(139-64-93-90(142-98(124)51-38-66(2)122)56-97(141-93)121-65-112-99-100(121)117-104(118-103(99)127)116-95(123)37-22-53-119(3)108(131)136-62-88-84-35-20-14-29-78(84)79-30-15-21-36-85(79)88)143-91-57-96(140-92(91)63-137-109(69-23-8-7-9-24-69,70-43-47-72(132-4)48-44-70)71-45-49-73(133-5)50-46-71)120-54-52-94(115-105(120)128)114-101(125)68-41-39-67(40-42-68)58-110-102(126)89(113-107(130)135-61-87-82-33-18-12-27-76(82)77-28-13-19-34-83(77)87)59-111-106(129)134-60-86-80-31-16-10-25-74(80)75-26-11-17-32-81(75)86/h7-21,23-36,39-50,52,54,65,86-93,96-97H,6,22,37-38,51,53,55-64H2,1-5H3,(H,110,126)(H,111,129)(H,113,130)(H,114,115,125,128)(H2,116,117,118,123,127)/t89?,90?,91?,92-,93-,96-,97-,144?/m1/s1. The Morgan fingerprint density at radius 2 is 1.06 bits per heavy atom. The summed E-state index contributed by atoms with van der Waals surface area (Å²) in [6.07, 6.45) is -5.68. The largest absolute Gasteiger partial charge is 0.497 e. The molecule has 3 aliphatic carbocycles. The van der Waals surface area contributed by atoms with Crippen LogP contribution in [0.5, 0.6) is 11.5 Å². The molecule has 35 heteroatoms. The SMILES string of the molecule is CCCOP(OC[C@H]1O[C@@H](n2cnc3c(=O)[nH]c(NC(=O)CCCN(C)C(=O)OCC4c5ccccc5-c5ccccc54)nc32)CC1OC(=O)CCC(C)=O)OC1C[C@H](n2ccc(NC(=O)c3ccc(CNC(=O)C(CNC(=O)OCC4c5ccccc5-c5ccccc54)NC(=O)OCC4c5ccccc5-c5ccccc54)cc3)nc2=O)O[C@@H]1COC(c1ccccc1)(c1ccc(OC)cc1)c1ccc(OC)cc1. The third-order valence-electron chi connectivity index (χ3n) is 26.3. The molecule has 13 aromatic rings. The maximum Gasteiger partial charge on any atom is 0.409 e. The number of carbonyl (C=O) groups excluding carboxylic acids is 8. The summed E-state index contributed by atoms with van der Waals surface area (Å²) in [4.78, 5) is 155. The molecule has 5 heterocycles. The minimum atomic E-state index is -2.44. The molecule has 34 nitrogen and oxygen atoms in total. The number of amides is 6. The monoisotopic (exact) mass is 1970 g/mol. The van der Waals surface area contributed by atoms with Crippen molar-refractivity contribution in [3.05, 3.63) is 349 Å². The van der Waals surface area contributed by atoms with E-state index in [9.17, 15) is 47.9 Å². The smallest absolute Gasteiger partial charge is 0.409 e. The number of ketones is 1. The number of aromatic nitrogens is 6. The number of methoxy groups -OCH3 is 2. The van der Waals surface area contributed by atoms with Crippen LogP contribution in [0.15, 0.2) is 277 Å². The Balaban J connectivity index is 0.550. The van der Waals surface area contributed by atoms with Crippen LogP contribution >= 0.6 is 8.60 Å². The van der Waals surface area contributed by atoms with Gasteiger partial charge in [-0.3, -0.25) is 43.4 Å². The van der Waals surface area contributed by atoms with Gasteiger partial charge in [-0.1, -0.05) is 219 Å². The van der Waals surface area contributed by atoms with Crippen LogP contribution in [0, 0.1) is 0 Å². The lowest BCUT2D eigenvalue weighted by atomic mass is 9.80. The fourth-order valence-corrected chi connectivity index (χ4v) is 20.3. The second kappa shape index (κ2) is 45.2. The second-order valence-electron chi connectivity index (χ2n) is 35.5. The Bertz CT molecular complexity index is 6810. The van der Waals surface area contributed by atoms with Crippen molar-refractivity contribution in [1.82, 2.24) is 49.9 Å². The van der Waals surface area contributed by atoms with E-state index in [1.54, 1.807) is 33.4 Å². The molecule has 10 aromatic carbocycles. The second-order valence-corrected chi connectivity index (χ2v) is 36.7. The van der Waals surface area contributed by atoms with E-state index in [0.717, 1.165) is 72.3 Å². The molecule has 2 aliphatic heterocycles. The van der Waals surface area contributed by atoms with E-state index in [1.165, 1.54) is 51.7 Å². The summed E-state index contributed by atoms with van der Waals surface area (Å²) in [5.74, 6) is -2.56. The van der Waals surface area contributed by atoms with Crippen LogP contribution in [0.25, 0.3) is 44.5 Å². The zero-order valence-corrected chi connectivity index (χ0v) is 80.5. The number of anilines is 2. The van der Waals surface area contributed by atoms with Gasteiger partial charge in [-0.2, -0.15) is 9.97 Å². The van der Waals surface area contributed by atoms with E-state index in [-0.39, 0.29) is 150 Å². The highest BCUT2D eigenvalue weighted by Gasteiger charge is 2.47. The first kappa shape index (κ1) is 98.7. The summed E-state index contributed by atoms with van der Waals surface area (Å²) in [6.45, 7) is 2.58. The molecule has 5 aliphatic rings. The van der Waals surface area contributed by atoms with E-state index in [1.807, 2.05) is 219 Å². The number of rotatable bonds is 41. The lowest BCUT2D eigenvalue weighted by molar-refractivity contribution is -0.153. The number of ether oxygens (including phenoxy) is 9. The van der Waals surface area contributed by atoms with Gasteiger partial charge in [0.25, 0.3) is 11.5 Å². The van der Waals surface area contributed by atoms with Crippen molar-refractivity contribution in [2.75, 3.05) is 84.6 Å². The number of aromatic amines is 1. The number of carbonyl (C=O) groups is 8. The van der Waals surface area contributed by atoms with Gasteiger partial charge in [0.05, 0.1) is 59.4 Å². The highest BCUT2D eigenvalue weighted by Crippen LogP contribution is 2.52. The van der Waals surface area contributed by atoms with Gasteiger partial charge in [0.15, 0.2) is 11.2 Å². The Morgan fingerprint density at radius 3 is 1.60 bits per heavy atom. The lowest BCUT2D eigenvalue weighted by Gasteiger charge is -2.37. The van der Waals surface area contributed by atoms with E-state index >= 15 is 0 Å². The molecule has 0 bridgehead atoms. The molecule has 2 saturated heterocycles. The summed E-state index contributed by atoms with van der Waals surface area (Å²) in [5, 5.41) is 13.6. The van der Waals surface area contributed by atoms with Crippen molar-refractivity contribution in [3.63, 3.8) is 0 Å². The van der Waals surface area contributed by atoms with Gasteiger partial charge in [0.2, 0.25) is 17.8 Å². The Hall–Kier alpha value is -15.4. The number of H-pyrrole nitrogens is 1. The highest BCUT2D eigenvalue weighted by molar-refractivity contribution is 7.41. The van der Waals surface area contributed by atoms with Gasteiger partial charge in [0.1, 0.15) is 85.3 Å². The van der Waals surface area contributed by atoms with Crippen LogP contribution in [0.3, 0.4) is 0 Å². The predicted molar refractivity (Wildman–Crippen MR) is 533 cm³/mol.